The minimum Gasteiger partial charge on any atom is -0.475 e. The number of rotatable bonds is 3. The van der Waals surface area contributed by atoms with E-state index in [1.165, 1.54) is 24.3 Å². The van der Waals surface area contributed by atoms with Gasteiger partial charge in [-0.15, -0.1) is 0 Å². The van der Waals surface area contributed by atoms with Crippen molar-refractivity contribution in [2.45, 2.75) is 0 Å². The third-order valence-corrected chi connectivity index (χ3v) is 3.17. The lowest BCUT2D eigenvalue weighted by Gasteiger charge is -2.07. The molecule has 23 heavy (non-hydrogen) atoms. The highest BCUT2D eigenvalue weighted by Crippen LogP contribution is 2.24. The van der Waals surface area contributed by atoms with Gasteiger partial charge in [0, 0.05) is 11.1 Å². The molecule has 0 spiro atoms. The molecule has 0 atom stereocenters. The molecule has 1 aromatic heterocycles. The van der Waals surface area contributed by atoms with Crippen LogP contribution in [0.2, 0.25) is 0 Å². The van der Waals surface area contributed by atoms with Crippen LogP contribution in [0.25, 0.3) is 11.0 Å². The van der Waals surface area contributed by atoms with Gasteiger partial charge in [0.2, 0.25) is 5.76 Å². The van der Waals surface area contributed by atoms with Crippen molar-refractivity contribution in [1.82, 2.24) is 0 Å². The van der Waals surface area contributed by atoms with Gasteiger partial charge in [-0.3, -0.25) is 4.79 Å². The van der Waals surface area contributed by atoms with Crippen LogP contribution in [0.3, 0.4) is 0 Å². The number of nitrogens with one attached hydrogen (secondary N) is 1. The number of fused-ring (bicyclic) bond motifs is 1. The van der Waals surface area contributed by atoms with Crippen molar-refractivity contribution in [2.24, 2.45) is 0 Å². The molecule has 2 aromatic carbocycles. The normalized spacial score (nSPS) is 10.7. The number of carbonyl (C=O) groups excluding carboxylic acids is 1. The Hall–Kier alpha value is -3.22. The summed E-state index contributed by atoms with van der Waals surface area (Å²) in [4.78, 5) is 22.8. The van der Waals surface area contributed by atoms with E-state index in [0.29, 0.717) is 11.0 Å². The predicted octanol–water partition coefficient (Wildman–Crippen LogP) is 3.66. The molecule has 0 saturated carbocycles. The number of aromatic carboxylic acids is 1. The van der Waals surface area contributed by atoms with E-state index in [1.54, 1.807) is 0 Å². The molecule has 0 saturated heterocycles. The van der Waals surface area contributed by atoms with E-state index >= 15 is 0 Å². The number of halogens is 2. The van der Waals surface area contributed by atoms with Crippen molar-refractivity contribution in [3.63, 3.8) is 0 Å². The van der Waals surface area contributed by atoms with Crippen LogP contribution >= 0.6 is 0 Å². The van der Waals surface area contributed by atoms with E-state index in [2.05, 4.69) is 5.32 Å². The molecule has 1 heterocycles. The molecule has 0 aliphatic rings. The second-order valence-electron chi connectivity index (χ2n) is 4.72. The number of hydrogen-bond donors (Lipinski definition) is 2. The fourth-order valence-electron chi connectivity index (χ4n) is 2.13. The zero-order valence-corrected chi connectivity index (χ0v) is 11.5. The van der Waals surface area contributed by atoms with Gasteiger partial charge in [-0.05, 0) is 36.4 Å². The second-order valence-corrected chi connectivity index (χ2v) is 4.72. The number of benzene rings is 2. The highest BCUT2D eigenvalue weighted by molar-refractivity contribution is 6.05. The van der Waals surface area contributed by atoms with Crippen LogP contribution in [0, 0.1) is 11.6 Å². The minimum atomic E-state index is -1.22. The lowest BCUT2D eigenvalue weighted by Crippen LogP contribution is -2.15. The monoisotopic (exact) mass is 317 g/mol. The standard InChI is InChI=1S/C16H9F2NO4/c17-10-2-1-3-11(18)14(10)15(20)19-9-4-5-12-8(6-9)7-13(23-12)16(21)22/h1-7H,(H,19,20)(H,21,22). The van der Waals surface area contributed by atoms with Gasteiger partial charge in [-0.25, -0.2) is 13.6 Å². The molecule has 3 aromatic rings. The Morgan fingerprint density at radius 2 is 1.74 bits per heavy atom. The van der Waals surface area contributed by atoms with Gasteiger partial charge >= 0.3 is 5.97 Å². The predicted molar refractivity (Wildman–Crippen MR) is 77.5 cm³/mol. The van der Waals surface area contributed by atoms with Crippen LogP contribution in [-0.4, -0.2) is 17.0 Å². The van der Waals surface area contributed by atoms with Crippen LogP contribution in [0.1, 0.15) is 20.9 Å². The first-order valence-electron chi connectivity index (χ1n) is 6.48. The van der Waals surface area contributed by atoms with Gasteiger partial charge in [0.15, 0.2) is 0 Å². The third-order valence-electron chi connectivity index (χ3n) is 3.17. The molecule has 0 aliphatic heterocycles. The first-order chi connectivity index (χ1) is 11.0. The van der Waals surface area contributed by atoms with Crippen molar-refractivity contribution in [2.75, 3.05) is 5.32 Å². The second kappa shape index (κ2) is 5.53. The number of carboxylic acid groups (broad SMARTS) is 1. The third kappa shape index (κ3) is 2.76. The Balaban J connectivity index is 1.92. The molecule has 0 aliphatic carbocycles. The topological polar surface area (TPSA) is 79.5 Å². The van der Waals surface area contributed by atoms with E-state index in [0.717, 1.165) is 18.2 Å². The fraction of sp³-hybridized carbons (Fsp3) is 0. The van der Waals surface area contributed by atoms with Crippen molar-refractivity contribution < 1.29 is 27.9 Å². The maximum absolute atomic E-state index is 13.6. The summed E-state index contributed by atoms with van der Waals surface area (Å²) in [6.45, 7) is 0. The summed E-state index contributed by atoms with van der Waals surface area (Å²) in [5.41, 5.74) is -0.119. The summed E-state index contributed by atoms with van der Waals surface area (Å²) in [5, 5.41) is 11.7. The lowest BCUT2D eigenvalue weighted by molar-refractivity contribution is 0.0664. The molecular weight excluding hydrogens is 308 g/mol. The SMILES string of the molecule is O=C(O)c1cc2cc(NC(=O)c3c(F)cccc3F)ccc2o1. The molecule has 0 fully saturated rings. The van der Waals surface area contributed by atoms with Crippen molar-refractivity contribution >= 4 is 28.5 Å². The quantitative estimate of drug-likeness (QED) is 0.772. The van der Waals surface area contributed by atoms with Gasteiger partial charge in [0.05, 0.1) is 0 Å². The number of hydrogen-bond acceptors (Lipinski definition) is 3. The van der Waals surface area contributed by atoms with Crippen LogP contribution in [-0.2, 0) is 0 Å². The number of anilines is 1. The van der Waals surface area contributed by atoms with Crippen LogP contribution in [0.4, 0.5) is 14.5 Å². The number of carbonyl (C=O) groups is 2. The summed E-state index contributed by atoms with van der Waals surface area (Å²) >= 11 is 0. The Kier molecular flexibility index (Phi) is 3.53. The molecule has 1 amide bonds. The average molecular weight is 317 g/mol. The highest BCUT2D eigenvalue weighted by Gasteiger charge is 2.17. The summed E-state index contributed by atoms with van der Waals surface area (Å²) in [6, 6.07) is 8.75. The zero-order valence-electron chi connectivity index (χ0n) is 11.5. The summed E-state index contributed by atoms with van der Waals surface area (Å²) in [7, 11) is 0. The molecule has 0 bridgehead atoms. The maximum atomic E-state index is 13.6. The van der Waals surface area contributed by atoms with E-state index in [4.69, 9.17) is 9.52 Å². The molecule has 3 rings (SSSR count). The van der Waals surface area contributed by atoms with E-state index in [-0.39, 0.29) is 11.4 Å². The smallest absolute Gasteiger partial charge is 0.371 e. The Morgan fingerprint density at radius 3 is 2.39 bits per heavy atom. The minimum absolute atomic E-state index is 0.247. The maximum Gasteiger partial charge on any atom is 0.371 e. The molecule has 0 radical (unpaired) electrons. The number of carboxylic acids is 1. The molecule has 116 valence electrons. The van der Waals surface area contributed by atoms with Crippen LogP contribution < -0.4 is 5.32 Å². The zero-order chi connectivity index (χ0) is 16.6. The van der Waals surface area contributed by atoms with Gasteiger partial charge in [-0.1, -0.05) is 6.07 Å². The van der Waals surface area contributed by atoms with E-state index in [9.17, 15) is 18.4 Å². The molecule has 5 nitrogen and oxygen atoms in total. The average Bonchev–Trinajstić information content (AvgIpc) is 2.90. The Bertz CT molecular complexity index is 913. The fourth-order valence-corrected chi connectivity index (χ4v) is 2.13. The Morgan fingerprint density at radius 1 is 1.04 bits per heavy atom. The first kappa shape index (κ1) is 14.7. The largest absolute Gasteiger partial charge is 0.475 e. The lowest BCUT2D eigenvalue weighted by atomic mass is 10.1. The van der Waals surface area contributed by atoms with Crippen LogP contribution in [0.5, 0.6) is 0 Å². The van der Waals surface area contributed by atoms with Crippen molar-refractivity contribution in [1.29, 1.82) is 0 Å². The van der Waals surface area contributed by atoms with Gasteiger partial charge < -0.3 is 14.8 Å². The van der Waals surface area contributed by atoms with Crippen molar-refractivity contribution in [3.8, 4) is 0 Å². The number of amides is 1. The highest BCUT2D eigenvalue weighted by atomic mass is 19.1. The van der Waals surface area contributed by atoms with Gasteiger partial charge in [0.1, 0.15) is 22.8 Å². The molecule has 2 N–H and O–H groups in total. The van der Waals surface area contributed by atoms with Crippen LogP contribution in [0.15, 0.2) is 46.9 Å². The van der Waals surface area contributed by atoms with E-state index < -0.39 is 29.1 Å². The van der Waals surface area contributed by atoms with Crippen molar-refractivity contribution in [3.05, 3.63) is 65.4 Å². The summed E-state index contributed by atoms with van der Waals surface area (Å²) in [5.74, 6) is -4.36. The van der Waals surface area contributed by atoms with Gasteiger partial charge in [0.25, 0.3) is 5.91 Å². The Labute approximate surface area is 128 Å². The van der Waals surface area contributed by atoms with Gasteiger partial charge in [-0.2, -0.15) is 0 Å². The summed E-state index contributed by atoms with van der Waals surface area (Å²) < 4.78 is 32.2. The van der Waals surface area contributed by atoms with E-state index in [1.807, 2.05) is 0 Å². The first-order valence-corrected chi connectivity index (χ1v) is 6.48. The molecule has 0 unspecified atom stereocenters. The number of furan rings is 1. The summed E-state index contributed by atoms with van der Waals surface area (Å²) in [6.07, 6.45) is 0. The molecular formula is C16H9F2NO4. The molecule has 7 heteroatoms.